The Hall–Kier alpha value is -2.37. The van der Waals surface area contributed by atoms with Crippen LogP contribution in [-0.4, -0.2) is 48.5 Å². The molecule has 3 rings (SSSR count). The van der Waals surface area contributed by atoms with Gasteiger partial charge in [-0.05, 0) is 29.8 Å². The van der Waals surface area contributed by atoms with Gasteiger partial charge in [-0.1, -0.05) is 49.4 Å². The van der Waals surface area contributed by atoms with E-state index in [2.05, 4.69) is 51.3 Å². The molecule has 26 heavy (non-hydrogen) atoms. The Labute approximate surface area is 156 Å². The van der Waals surface area contributed by atoms with E-state index in [9.17, 15) is 0 Å². The fraction of sp³-hybridized carbons (Fsp3) is 0.381. The van der Waals surface area contributed by atoms with Gasteiger partial charge >= 0.3 is 0 Å². The molecule has 0 aliphatic carbocycles. The molecule has 2 aromatic carbocycles. The number of aliphatic imine (C=N–C) groups is 1. The Morgan fingerprint density at radius 1 is 0.923 bits per heavy atom. The van der Waals surface area contributed by atoms with E-state index in [-0.39, 0.29) is 0 Å². The summed E-state index contributed by atoms with van der Waals surface area (Å²) in [6.45, 7) is 9.53. The van der Waals surface area contributed by atoms with Crippen molar-refractivity contribution in [3.63, 3.8) is 0 Å². The maximum Gasteiger partial charge on any atom is 0.193 e. The first-order valence-corrected chi connectivity index (χ1v) is 9.38. The van der Waals surface area contributed by atoms with Gasteiger partial charge in [-0.25, -0.2) is 4.99 Å². The van der Waals surface area contributed by atoms with Gasteiger partial charge in [0.05, 0.1) is 6.54 Å². The van der Waals surface area contributed by atoms with E-state index in [1.54, 1.807) is 0 Å². The van der Waals surface area contributed by atoms with Crippen LogP contribution in [0.1, 0.15) is 18.1 Å². The average Bonchev–Trinajstić information content (AvgIpc) is 2.69. The number of likely N-dealkylation sites (N-methyl/N-ethyl adjacent to an activating group) is 1. The van der Waals surface area contributed by atoms with Crippen LogP contribution in [0.2, 0.25) is 0 Å². The monoisotopic (exact) mass is 351 g/mol. The van der Waals surface area contributed by atoms with Crippen molar-refractivity contribution >= 4 is 11.6 Å². The second-order valence-electron chi connectivity index (χ2n) is 6.67. The summed E-state index contributed by atoms with van der Waals surface area (Å²) in [4.78, 5) is 9.56. The highest BCUT2D eigenvalue weighted by molar-refractivity contribution is 5.92. The molecule has 5 nitrogen and oxygen atoms in total. The summed E-state index contributed by atoms with van der Waals surface area (Å²) in [5.41, 5.74) is 9.58. The van der Waals surface area contributed by atoms with Crippen molar-refractivity contribution in [2.24, 2.45) is 10.7 Å². The van der Waals surface area contributed by atoms with E-state index in [1.165, 1.54) is 11.1 Å². The molecular formula is C21H29N5. The molecule has 0 radical (unpaired) electrons. The fourth-order valence-corrected chi connectivity index (χ4v) is 3.25. The van der Waals surface area contributed by atoms with E-state index in [4.69, 9.17) is 5.73 Å². The number of rotatable bonds is 6. The minimum atomic E-state index is 0.447. The predicted octanol–water partition coefficient (Wildman–Crippen LogP) is 2.75. The maximum absolute atomic E-state index is 6.04. The summed E-state index contributed by atoms with van der Waals surface area (Å²) in [6.07, 6.45) is 0. The molecule has 1 heterocycles. The second kappa shape index (κ2) is 9.36. The minimum absolute atomic E-state index is 0.447. The zero-order chi connectivity index (χ0) is 18.2. The SMILES string of the molecule is CCN1CCN(Cc2ccccc2CN=C(N)Nc2ccccc2)CC1. The van der Waals surface area contributed by atoms with Crippen LogP contribution in [-0.2, 0) is 13.1 Å². The molecule has 138 valence electrons. The molecule has 0 saturated carbocycles. The summed E-state index contributed by atoms with van der Waals surface area (Å²) in [6, 6.07) is 18.4. The number of nitrogens with one attached hydrogen (secondary N) is 1. The lowest BCUT2D eigenvalue weighted by molar-refractivity contribution is 0.131. The number of nitrogens with zero attached hydrogens (tertiary/aromatic N) is 3. The van der Waals surface area contributed by atoms with Gasteiger partial charge < -0.3 is 16.0 Å². The van der Waals surface area contributed by atoms with Crippen molar-refractivity contribution in [1.82, 2.24) is 9.80 Å². The van der Waals surface area contributed by atoms with E-state index < -0.39 is 0 Å². The van der Waals surface area contributed by atoms with Crippen LogP contribution < -0.4 is 11.1 Å². The molecule has 0 bridgehead atoms. The third kappa shape index (κ3) is 5.31. The lowest BCUT2D eigenvalue weighted by Gasteiger charge is -2.34. The third-order valence-corrected chi connectivity index (χ3v) is 4.89. The molecule has 1 saturated heterocycles. The topological polar surface area (TPSA) is 56.9 Å². The Kier molecular flexibility index (Phi) is 6.63. The number of benzene rings is 2. The largest absolute Gasteiger partial charge is 0.370 e. The molecule has 5 heteroatoms. The van der Waals surface area contributed by atoms with Crippen molar-refractivity contribution in [3.8, 4) is 0 Å². The van der Waals surface area contributed by atoms with Gasteiger partial charge in [0.25, 0.3) is 0 Å². The Morgan fingerprint density at radius 2 is 1.54 bits per heavy atom. The quantitative estimate of drug-likeness (QED) is 0.621. The van der Waals surface area contributed by atoms with Gasteiger partial charge in [0.15, 0.2) is 5.96 Å². The van der Waals surface area contributed by atoms with Crippen LogP contribution in [0, 0.1) is 0 Å². The van der Waals surface area contributed by atoms with Crippen molar-refractivity contribution in [2.45, 2.75) is 20.0 Å². The fourth-order valence-electron chi connectivity index (χ4n) is 3.25. The van der Waals surface area contributed by atoms with Gasteiger partial charge in [0.2, 0.25) is 0 Å². The number of hydrogen-bond acceptors (Lipinski definition) is 3. The highest BCUT2D eigenvalue weighted by atomic mass is 15.3. The Morgan fingerprint density at radius 3 is 2.23 bits per heavy atom. The van der Waals surface area contributed by atoms with Crippen LogP contribution in [0.15, 0.2) is 59.6 Å². The summed E-state index contributed by atoms with van der Waals surface area (Å²) in [7, 11) is 0. The summed E-state index contributed by atoms with van der Waals surface area (Å²) in [5.74, 6) is 0.447. The number of hydrogen-bond donors (Lipinski definition) is 2. The molecule has 0 unspecified atom stereocenters. The minimum Gasteiger partial charge on any atom is -0.370 e. The number of para-hydroxylation sites is 1. The molecule has 0 spiro atoms. The first-order valence-electron chi connectivity index (χ1n) is 9.38. The lowest BCUT2D eigenvalue weighted by atomic mass is 10.1. The smallest absolute Gasteiger partial charge is 0.193 e. The molecule has 0 aromatic heterocycles. The van der Waals surface area contributed by atoms with Gasteiger partial charge in [-0.2, -0.15) is 0 Å². The first kappa shape index (κ1) is 18.4. The molecule has 3 N–H and O–H groups in total. The second-order valence-corrected chi connectivity index (χ2v) is 6.67. The zero-order valence-electron chi connectivity index (χ0n) is 15.6. The lowest BCUT2D eigenvalue weighted by Crippen LogP contribution is -2.45. The summed E-state index contributed by atoms with van der Waals surface area (Å²) >= 11 is 0. The third-order valence-electron chi connectivity index (χ3n) is 4.89. The highest BCUT2D eigenvalue weighted by Gasteiger charge is 2.16. The number of nitrogens with two attached hydrogens (primary N) is 1. The molecule has 1 fully saturated rings. The number of piperazine rings is 1. The Balaban J connectivity index is 1.59. The molecule has 2 aromatic rings. The molecule has 0 atom stereocenters. The molecule has 1 aliphatic rings. The first-order chi connectivity index (χ1) is 12.7. The maximum atomic E-state index is 6.04. The van der Waals surface area contributed by atoms with Crippen LogP contribution in [0.4, 0.5) is 5.69 Å². The average molecular weight is 351 g/mol. The van der Waals surface area contributed by atoms with E-state index in [0.29, 0.717) is 12.5 Å². The number of guanidine groups is 1. The zero-order valence-corrected chi connectivity index (χ0v) is 15.6. The van der Waals surface area contributed by atoms with Crippen LogP contribution >= 0.6 is 0 Å². The molecule has 1 aliphatic heterocycles. The van der Waals surface area contributed by atoms with Crippen LogP contribution in [0.3, 0.4) is 0 Å². The normalized spacial score (nSPS) is 16.6. The Bertz CT molecular complexity index is 705. The van der Waals surface area contributed by atoms with E-state index >= 15 is 0 Å². The van der Waals surface area contributed by atoms with Gasteiger partial charge in [0.1, 0.15) is 0 Å². The van der Waals surface area contributed by atoms with Crippen LogP contribution in [0.5, 0.6) is 0 Å². The molecular weight excluding hydrogens is 322 g/mol. The standard InChI is InChI=1S/C21H29N5/c1-2-25-12-14-26(15-13-25)17-19-9-7-6-8-18(19)16-23-21(22)24-20-10-4-3-5-11-20/h3-11H,2,12-17H2,1H3,(H3,22,23,24). The summed E-state index contributed by atoms with van der Waals surface area (Å²) < 4.78 is 0. The van der Waals surface area contributed by atoms with Crippen LogP contribution in [0.25, 0.3) is 0 Å². The van der Waals surface area contributed by atoms with Gasteiger partial charge in [-0.15, -0.1) is 0 Å². The molecule has 0 amide bonds. The van der Waals surface area contributed by atoms with Gasteiger partial charge in [-0.3, -0.25) is 4.90 Å². The van der Waals surface area contributed by atoms with Gasteiger partial charge in [0, 0.05) is 38.4 Å². The van der Waals surface area contributed by atoms with Crippen molar-refractivity contribution in [2.75, 3.05) is 38.0 Å². The van der Waals surface area contributed by atoms with Crippen molar-refractivity contribution in [1.29, 1.82) is 0 Å². The van der Waals surface area contributed by atoms with Crippen molar-refractivity contribution < 1.29 is 0 Å². The summed E-state index contributed by atoms with van der Waals surface area (Å²) in [5, 5.41) is 3.14. The van der Waals surface area contributed by atoms with E-state index in [0.717, 1.165) is 45.0 Å². The highest BCUT2D eigenvalue weighted by Crippen LogP contribution is 2.15. The predicted molar refractivity (Wildman–Crippen MR) is 109 cm³/mol. The van der Waals surface area contributed by atoms with Crippen molar-refractivity contribution in [3.05, 3.63) is 65.7 Å². The van der Waals surface area contributed by atoms with E-state index in [1.807, 2.05) is 30.3 Å². The number of anilines is 1.